The third kappa shape index (κ3) is 4.06. The molecule has 4 aromatic rings. The Balaban J connectivity index is 1.62. The van der Waals surface area contributed by atoms with Crippen LogP contribution in [0.4, 0.5) is 0 Å². The number of nitrogens with zero attached hydrogens (tertiary/aromatic N) is 4. The SMILES string of the molecule is Cc1cc(CCCCC(C)(C)n2[c](=[Pt])n(-c3ccccc3)c3ncccc32)n[nH]1. The van der Waals surface area contributed by atoms with E-state index in [2.05, 4.69) is 102 Å². The molecule has 1 N–H and O–H groups in total. The second-order valence-electron chi connectivity index (χ2n) is 8.16. The Hall–Kier alpha value is -2.26. The van der Waals surface area contributed by atoms with Gasteiger partial charge in [-0.15, -0.1) is 0 Å². The second kappa shape index (κ2) is 8.23. The molecule has 6 heteroatoms. The second-order valence-corrected chi connectivity index (χ2v) is 9.17. The zero-order chi connectivity index (χ0) is 20.4. The van der Waals surface area contributed by atoms with E-state index >= 15 is 0 Å². The fourth-order valence-corrected chi connectivity index (χ4v) is 5.44. The molecule has 0 atom stereocenters. The number of nitrogens with one attached hydrogen (secondary N) is 1. The Morgan fingerprint density at radius 1 is 1.07 bits per heavy atom. The van der Waals surface area contributed by atoms with Crippen LogP contribution in [-0.4, -0.2) is 24.3 Å². The van der Waals surface area contributed by atoms with Gasteiger partial charge in [0.05, 0.1) is 0 Å². The number of hydrogen-bond donors (Lipinski definition) is 1. The molecule has 3 heterocycles. The first-order valence-corrected chi connectivity index (χ1v) is 11.2. The van der Waals surface area contributed by atoms with Crippen LogP contribution in [0.25, 0.3) is 16.9 Å². The summed E-state index contributed by atoms with van der Waals surface area (Å²) in [6.45, 7) is 6.71. The van der Waals surface area contributed by atoms with Gasteiger partial charge in [0.25, 0.3) is 0 Å². The number of pyridine rings is 1. The van der Waals surface area contributed by atoms with E-state index < -0.39 is 0 Å². The molecule has 154 valence electrons. The van der Waals surface area contributed by atoms with E-state index in [1.165, 1.54) is 9.32 Å². The van der Waals surface area contributed by atoms with Crippen LogP contribution in [0, 0.1) is 10.7 Å². The van der Waals surface area contributed by atoms with Crippen LogP contribution < -0.4 is 0 Å². The van der Waals surface area contributed by atoms with Gasteiger partial charge >= 0.3 is 182 Å². The van der Waals surface area contributed by atoms with Crippen LogP contribution in [0.2, 0.25) is 0 Å². The summed E-state index contributed by atoms with van der Waals surface area (Å²) >= 11 is 2.45. The monoisotopic (exact) mass is 568 g/mol. The number of benzene rings is 1. The predicted octanol–water partition coefficient (Wildman–Crippen LogP) is 5.09. The number of fused-ring (bicyclic) bond motifs is 1. The number of imidazole rings is 1. The van der Waals surface area contributed by atoms with Crippen LogP contribution in [0.5, 0.6) is 0 Å². The van der Waals surface area contributed by atoms with Crippen LogP contribution in [0.1, 0.15) is 44.5 Å². The minimum atomic E-state index is -0.0140. The van der Waals surface area contributed by atoms with E-state index in [1.54, 1.807) is 0 Å². The van der Waals surface area contributed by atoms with E-state index in [1.807, 2.05) is 12.3 Å². The molecule has 5 nitrogen and oxygen atoms in total. The van der Waals surface area contributed by atoms with E-state index in [4.69, 9.17) is 4.98 Å². The number of rotatable bonds is 7. The van der Waals surface area contributed by atoms with Crippen LogP contribution >= 0.6 is 0 Å². The number of aromatic nitrogens is 5. The van der Waals surface area contributed by atoms with Gasteiger partial charge in [0.15, 0.2) is 0 Å². The van der Waals surface area contributed by atoms with Gasteiger partial charge in [-0.2, -0.15) is 0 Å². The van der Waals surface area contributed by atoms with Gasteiger partial charge in [0.1, 0.15) is 0 Å². The topological polar surface area (TPSA) is 51.4 Å². The molecule has 0 aliphatic rings. The molecule has 4 rings (SSSR count). The van der Waals surface area contributed by atoms with E-state index in [0.717, 1.165) is 48.4 Å². The molecule has 1 aromatic carbocycles. The average Bonchev–Trinajstić information content (AvgIpc) is 3.26. The Bertz CT molecular complexity index is 1170. The number of hydrogen-bond acceptors (Lipinski definition) is 2. The van der Waals surface area contributed by atoms with Crippen molar-refractivity contribution in [2.75, 3.05) is 0 Å². The fourth-order valence-electron chi connectivity index (χ4n) is 3.94. The number of aromatic amines is 1. The van der Waals surface area contributed by atoms with E-state index in [-0.39, 0.29) is 5.54 Å². The van der Waals surface area contributed by atoms with Gasteiger partial charge in [0.2, 0.25) is 0 Å². The summed E-state index contributed by atoms with van der Waals surface area (Å²) < 4.78 is 5.88. The summed E-state index contributed by atoms with van der Waals surface area (Å²) in [7, 11) is 0. The summed E-state index contributed by atoms with van der Waals surface area (Å²) in [6.07, 6.45) is 6.29. The molecule has 3 aromatic heterocycles. The Morgan fingerprint density at radius 3 is 2.59 bits per heavy atom. The van der Waals surface area contributed by atoms with Gasteiger partial charge in [0, 0.05) is 0 Å². The summed E-state index contributed by atoms with van der Waals surface area (Å²) in [5.74, 6) is 0. The van der Waals surface area contributed by atoms with Crippen LogP contribution in [-0.2, 0) is 31.3 Å². The zero-order valence-corrected chi connectivity index (χ0v) is 19.4. The van der Waals surface area contributed by atoms with Gasteiger partial charge in [-0.05, 0) is 0 Å². The van der Waals surface area contributed by atoms with Gasteiger partial charge in [-0.1, -0.05) is 0 Å². The first-order chi connectivity index (χ1) is 14.0. The summed E-state index contributed by atoms with van der Waals surface area (Å²) in [6, 6.07) is 16.8. The molecular formula is C23H27N5Pt. The van der Waals surface area contributed by atoms with Crippen LogP contribution in [0.15, 0.2) is 54.7 Å². The summed E-state index contributed by atoms with van der Waals surface area (Å²) in [4.78, 5) is 4.72. The van der Waals surface area contributed by atoms with Crippen molar-refractivity contribution in [3.63, 3.8) is 0 Å². The summed E-state index contributed by atoms with van der Waals surface area (Å²) in [5.41, 5.74) is 5.60. The molecule has 0 aliphatic carbocycles. The van der Waals surface area contributed by atoms with Gasteiger partial charge in [-0.3, -0.25) is 0 Å². The molecule has 0 radical (unpaired) electrons. The quantitative estimate of drug-likeness (QED) is 0.316. The molecule has 0 saturated heterocycles. The van der Waals surface area contributed by atoms with Crippen molar-refractivity contribution in [2.24, 2.45) is 0 Å². The first-order valence-electron chi connectivity index (χ1n) is 10.1. The predicted molar refractivity (Wildman–Crippen MR) is 113 cm³/mol. The molecule has 0 fully saturated rings. The van der Waals surface area contributed by atoms with Crippen molar-refractivity contribution in [1.29, 1.82) is 0 Å². The third-order valence-corrected chi connectivity index (χ3v) is 6.43. The Morgan fingerprint density at radius 2 is 1.86 bits per heavy atom. The molecule has 29 heavy (non-hydrogen) atoms. The van der Waals surface area contributed by atoms with Crippen molar-refractivity contribution >= 4 is 11.2 Å². The third-order valence-electron chi connectivity index (χ3n) is 5.41. The van der Waals surface area contributed by atoms with Gasteiger partial charge < -0.3 is 0 Å². The number of H-pyrrole nitrogens is 1. The van der Waals surface area contributed by atoms with E-state index in [0.29, 0.717) is 0 Å². The van der Waals surface area contributed by atoms with Crippen LogP contribution in [0.3, 0.4) is 0 Å². The Kier molecular flexibility index (Phi) is 5.69. The number of aryl methyl sites for hydroxylation is 2. The first kappa shape index (κ1) is 20.0. The Labute approximate surface area is 182 Å². The van der Waals surface area contributed by atoms with E-state index in [9.17, 15) is 0 Å². The van der Waals surface area contributed by atoms with Crippen molar-refractivity contribution < 1.29 is 19.4 Å². The molecule has 0 bridgehead atoms. The molecule has 0 unspecified atom stereocenters. The zero-order valence-electron chi connectivity index (χ0n) is 17.1. The fraction of sp³-hybridized carbons (Fsp3) is 0.348. The van der Waals surface area contributed by atoms with Crippen molar-refractivity contribution in [3.05, 3.63) is 69.9 Å². The number of unbranched alkanes of at least 4 members (excludes halogenated alkanes) is 1. The minimum absolute atomic E-state index is 0.0140. The van der Waals surface area contributed by atoms with Crippen molar-refractivity contribution in [1.82, 2.24) is 24.3 Å². The molecule has 0 amide bonds. The van der Waals surface area contributed by atoms with Gasteiger partial charge in [-0.25, -0.2) is 0 Å². The summed E-state index contributed by atoms with van der Waals surface area (Å²) in [5, 5.41) is 7.39. The molecule has 0 aliphatic heterocycles. The maximum atomic E-state index is 4.72. The number of para-hydroxylation sites is 1. The standard InChI is InChI=1S/C23H27N5.Pt/c1-18-16-19(26-25-18)10-7-8-14-23(2,3)28-17-27(20-11-5-4-6-12-20)22-21(28)13-9-15-24-22;/h4-6,9,11-13,15-16H,7-8,10,14H2,1-3H3,(H,25,26);. The van der Waals surface area contributed by atoms with Crippen molar-refractivity contribution in [2.45, 2.75) is 52.0 Å². The molecule has 0 spiro atoms. The normalized spacial score (nSPS) is 12.0. The average molecular weight is 569 g/mol. The maximum absolute atomic E-state index is 4.72. The van der Waals surface area contributed by atoms with Crippen molar-refractivity contribution in [3.8, 4) is 5.69 Å². The molecule has 0 saturated carbocycles. The molecular weight excluding hydrogens is 541 g/mol.